The van der Waals surface area contributed by atoms with E-state index in [1.54, 1.807) is 24.5 Å². The molecule has 21 heavy (non-hydrogen) atoms. The molecule has 3 N–H and O–H groups in total. The molecule has 1 atom stereocenters. The van der Waals surface area contributed by atoms with Crippen LogP contribution >= 0.6 is 15.9 Å². The van der Waals surface area contributed by atoms with Crippen LogP contribution in [0.3, 0.4) is 0 Å². The zero-order chi connectivity index (χ0) is 14.8. The second-order valence-electron chi connectivity index (χ2n) is 4.71. The molecule has 0 spiro atoms. The van der Waals surface area contributed by atoms with Crippen molar-refractivity contribution < 1.29 is 4.39 Å². The van der Waals surface area contributed by atoms with Crippen molar-refractivity contribution in [2.45, 2.75) is 6.04 Å². The second-order valence-corrected chi connectivity index (χ2v) is 5.63. The van der Waals surface area contributed by atoms with Gasteiger partial charge in [0.2, 0.25) is 0 Å². The molecular weight excluding hydrogens is 333 g/mol. The van der Waals surface area contributed by atoms with E-state index in [0.29, 0.717) is 5.56 Å². The van der Waals surface area contributed by atoms with Crippen molar-refractivity contribution in [2.24, 2.45) is 5.84 Å². The van der Waals surface area contributed by atoms with E-state index < -0.39 is 6.04 Å². The number of rotatable bonds is 3. The number of halogens is 2. The molecule has 0 saturated heterocycles. The Morgan fingerprint density at radius 3 is 2.81 bits per heavy atom. The van der Waals surface area contributed by atoms with E-state index in [1.165, 1.54) is 6.07 Å². The molecule has 3 nitrogen and oxygen atoms in total. The average molecular weight is 346 g/mol. The summed E-state index contributed by atoms with van der Waals surface area (Å²) < 4.78 is 15.0. The first-order chi connectivity index (χ1) is 10.2. The molecule has 0 radical (unpaired) electrons. The lowest BCUT2D eigenvalue weighted by Crippen LogP contribution is -2.29. The van der Waals surface area contributed by atoms with Crippen molar-refractivity contribution in [2.75, 3.05) is 0 Å². The Bertz CT molecular complexity index is 786. The van der Waals surface area contributed by atoms with E-state index in [-0.39, 0.29) is 5.82 Å². The zero-order valence-electron chi connectivity index (χ0n) is 11.1. The summed E-state index contributed by atoms with van der Waals surface area (Å²) in [4.78, 5) is 4.11. The molecule has 0 aliphatic heterocycles. The Morgan fingerprint density at radius 2 is 2.00 bits per heavy atom. The van der Waals surface area contributed by atoms with Crippen LogP contribution < -0.4 is 11.3 Å². The van der Waals surface area contributed by atoms with Gasteiger partial charge in [-0.15, -0.1) is 0 Å². The predicted octanol–water partition coefficient (Wildman–Crippen LogP) is 3.69. The lowest BCUT2D eigenvalue weighted by molar-refractivity contribution is 0.561. The number of aromatic nitrogens is 1. The molecule has 1 heterocycles. The number of nitrogens with two attached hydrogens (primary N) is 1. The van der Waals surface area contributed by atoms with E-state index in [0.717, 1.165) is 20.8 Å². The van der Waals surface area contributed by atoms with Crippen LogP contribution in [0.25, 0.3) is 10.8 Å². The van der Waals surface area contributed by atoms with Gasteiger partial charge in [0.1, 0.15) is 5.82 Å². The first-order valence-electron chi connectivity index (χ1n) is 6.44. The summed E-state index contributed by atoms with van der Waals surface area (Å²) in [6, 6.07) is 12.1. The number of nitrogens with one attached hydrogen (secondary N) is 1. The van der Waals surface area contributed by atoms with Gasteiger partial charge in [-0.1, -0.05) is 34.1 Å². The van der Waals surface area contributed by atoms with Crippen LogP contribution in [0.1, 0.15) is 17.2 Å². The Hall–Kier alpha value is -1.82. The van der Waals surface area contributed by atoms with Crippen LogP contribution in [0.4, 0.5) is 4.39 Å². The summed E-state index contributed by atoms with van der Waals surface area (Å²) in [7, 11) is 0. The molecule has 106 valence electrons. The van der Waals surface area contributed by atoms with Crippen molar-refractivity contribution >= 4 is 26.7 Å². The minimum absolute atomic E-state index is 0.299. The fourth-order valence-corrected chi connectivity index (χ4v) is 2.86. The van der Waals surface area contributed by atoms with Gasteiger partial charge in [-0.05, 0) is 35.2 Å². The van der Waals surface area contributed by atoms with Crippen molar-refractivity contribution in [3.63, 3.8) is 0 Å². The van der Waals surface area contributed by atoms with Crippen LogP contribution in [-0.2, 0) is 0 Å². The van der Waals surface area contributed by atoms with Crippen LogP contribution in [0.5, 0.6) is 0 Å². The van der Waals surface area contributed by atoms with Gasteiger partial charge in [-0.3, -0.25) is 10.8 Å². The van der Waals surface area contributed by atoms with E-state index in [9.17, 15) is 4.39 Å². The molecule has 1 aromatic heterocycles. The molecule has 2 aromatic carbocycles. The Labute approximate surface area is 130 Å². The summed E-state index contributed by atoms with van der Waals surface area (Å²) in [5.74, 6) is 5.40. The van der Waals surface area contributed by atoms with Gasteiger partial charge in [0.25, 0.3) is 0 Å². The summed E-state index contributed by atoms with van der Waals surface area (Å²) in [6.07, 6.45) is 3.50. The summed E-state index contributed by atoms with van der Waals surface area (Å²) in [5, 5.41) is 1.99. The standard InChI is InChI=1S/C16H13BrFN3/c17-11-4-5-15(18)14(8-11)16(21-19)13-3-1-2-10-9-20-7-6-12(10)13/h1-9,16,21H,19H2. The number of pyridine rings is 1. The summed E-state index contributed by atoms with van der Waals surface area (Å²) in [5.41, 5.74) is 4.12. The maximum Gasteiger partial charge on any atom is 0.128 e. The Kier molecular flexibility index (Phi) is 3.96. The fourth-order valence-electron chi connectivity index (χ4n) is 2.48. The van der Waals surface area contributed by atoms with Gasteiger partial charge in [0.15, 0.2) is 0 Å². The molecule has 1 unspecified atom stereocenters. The van der Waals surface area contributed by atoms with Crippen LogP contribution in [-0.4, -0.2) is 4.98 Å². The van der Waals surface area contributed by atoms with E-state index in [2.05, 4.69) is 26.3 Å². The minimum atomic E-state index is -0.436. The number of hydrogen-bond acceptors (Lipinski definition) is 3. The Morgan fingerprint density at radius 1 is 1.14 bits per heavy atom. The molecule has 3 rings (SSSR count). The molecular formula is C16H13BrFN3. The van der Waals surface area contributed by atoms with Crippen molar-refractivity contribution in [3.8, 4) is 0 Å². The number of hydrogen-bond donors (Lipinski definition) is 2. The van der Waals surface area contributed by atoms with Crippen molar-refractivity contribution in [1.82, 2.24) is 10.4 Å². The smallest absolute Gasteiger partial charge is 0.128 e. The number of nitrogens with zero attached hydrogens (tertiary/aromatic N) is 1. The Balaban J connectivity index is 2.21. The highest BCUT2D eigenvalue weighted by atomic mass is 79.9. The normalized spacial score (nSPS) is 12.5. The first-order valence-corrected chi connectivity index (χ1v) is 7.23. The fraction of sp³-hybridized carbons (Fsp3) is 0.0625. The molecule has 0 bridgehead atoms. The maximum absolute atomic E-state index is 14.2. The topological polar surface area (TPSA) is 50.9 Å². The molecule has 0 fully saturated rings. The predicted molar refractivity (Wildman–Crippen MR) is 85.0 cm³/mol. The number of benzene rings is 2. The second kappa shape index (κ2) is 5.89. The quantitative estimate of drug-likeness (QED) is 0.562. The van der Waals surface area contributed by atoms with Crippen molar-refractivity contribution in [1.29, 1.82) is 0 Å². The van der Waals surface area contributed by atoms with E-state index >= 15 is 0 Å². The molecule has 0 amide bonds. The average Bonchev–Trinajstić information content (AvgIpc) is 2.51. The largest absolute Gasteiger partial charge is 0.271 e. The van der Waals surface area contributed by atoms with Gasteiger partial charge in [0.05, 0.1) is 6.04 Å². The molecule has 5 heteroatoms. The van der Waals surface area contributed by atoms with Gasteiger partial charge in [-0.2, -0.15) is 0 Å². The van der Waals surface area contributed by atoms with Crippen LogP contribution in [0.15, 0.2) is 59.3 Å². The lowest BCUT2D eigenvalue weighted by Gasteiger charge is -2.19. The first kappa shape index (κ1) is 14.1. The SMILES string of the molecule is NNC(c1cc(Br)ccc1F)c1cccc2cnccc12. The summed E-state index contributed by atoms with van der Waals surface area (Å²) >= 11 is 3.37. The highest BCUT2D eigenvalue weighted by molar-refractivity contribution is 9.10. The molecule has 0 aliphatic rings. The highest BCUT2D eigenvalue weighted by Gasteiger charge is 2.19. The number of hydrazine groups is 1. The van der Waals surface area contributed by atoms with Crippen LogP contribution in [0.2, 0.25) is 0 Å². The molecule has 0 saturated carbocycles. The van der Waals surface area contributed by atoms with Gasteiger partial charge < -0.3 is 0 Å². The van der Waals surface area contributed by atoms with Gasteiger partial charge in [0, 0.05) is 27.8 Å². The highest BCUT2D eigenvalue weighted by Crippen LogP contribution is 2.30. The van der Waals surface area contributed by atoms with Crippen molar-refractivity contribution in [3.05, 3.63) is 76.3 Å². The zero-order valence-corrected chi connectivity index (χ0v) is 12.6. The van der Waals surface area contributed by atoms with E-state index in [1.807, 2.05) is 24.3 Å². The lowest BCUT2D eigenvalue weighted by atomic mass is 9.94. The monoisotopic (exact) mass is 345 g/mol. The minimum Gasteiger partial charge on any atom is -0.271 e. The van der Waals surface area contributed by atoms with Gasteiger partial charge in [-0.25, -0.2) is 9.82 Å². The molecule has 0 aliphatic carbocycles. The molecule has 3 aromatic rings. The number of fused-ring (bicyclic) bond motifs is 1. The van der Waals surface area contributed by atoms with Gasteiger partial charge >= 0.3 is 0 Å². The summed E-state index contributed by atoms with van der Waals surface area (Å²) in [6.45, 7) is 0. The third kappa shape index (κ3) is 2.68. The van der Waals surface area contributed by atoms with Crippen LogP contribution in [0, 0.1) is 5.82 Å². The van der Waals surface area contributed by atoms with E-state index in [4.69, 9.17) is 5.84 Å². The third-order valence-corrected chi connectivity index (χ3v) is 3.95. The third-order valence-electron chi connectivity index (χ3n) is 3.46. The maximum atomic E-state index is 14.2.